The minimum Gasteiger partial charge on any atom is -0.311 e. The van der Waals surface area contributed by atoms with Gasteiger partial charge >= 0.3 is 0 Å². The number of aromatic nitrogens is 2. The van der Waals surface area contributed by atoms with E-state index in [1.807, 2.05) is 24.3 Å². The van der Waals surface area contributed by atoms with Crippen molar-refractivity contribution in [1.82, 2.24) is 14.1 Å². The molecule has 1 fully saturated rings. The standard InChI is InChI=1S/C18H23BrN4O3S/c19-16-7-2-1-6-15(16)14-23-17(9-10-20-23)21-18(24)8-5-13-27(25,26)22-11-3-4-12-22/h1-2,6-7,9-10H,3-5,8,11-14H2,(H,21,24). The van der Waals surface area contributed by atoms with Gasteiger partial charge in [-0.3, -0.25) is 4.79 Å². The smallest absolute Gasteiger partial charge is 0.225 e. The molecule has 9 heteroatoms. The van der Waals surface area contributed by atoms with Gasteiger partial charge in [-0.1, -0.05) is 34.1 Å². The van der Waals surface area contributed by atoms with Crippen LogP contribution in [0.25, 0.3) is 0 Å². The maximum absolute atomic E-state index is 12.2. The second-order valence-corrected chi connectivity index (χ2v) is 9.48. The van der Waals surface area contributed by atoms with Gasteiger partial charge in [0.15, 0.2) is 0 Å². The number of carbonyl (C=O) groups is 1. The fourth-order valence-electron chi connectivity index (χ4n) is 3.07. The van der Waals surface area contributed by atoms with Crippen molar-refractivity contribution >= 4 is 37.7 Å². The van der Waals surface area contributed by atoms with Crippen LogP contribution in [0.15, 0.2) is 41.0 Å². The molecule has 1 aliphatic heterocycles. The Hall–Kier alpha value is -1.71. The van der Waals surface area contributed by atoms with Crippen LogP contribution in [0.3, 0.4) is 0 Å². The van der Waals surface area contributed by atoms with E-state index in [1.54, 1.807) is 16.9 Å². The molecule has 27 heavy (non-hydrogen) atoms. The number of rotatable bonds is 8. The number of hydrogen-bond acceptors (Lipinski definition) is 4. The predicted molar refractivity (Wildman–Crippen MR) is 108 cm³/mol. The minimum absolute atomic E-state index is 0.0106. The molecule has 2 heterocycles. The molecule has 0 atom stereocenters. The lowest BCUT2D eigenvalue weighted by molar-refractivity contribution is -0.116. The van der Waals surface area contributed by atoms with E-state index >= 15 is 0 Å². The molecule has 2 aromatic rings. The maximum Gasteiger partial charge on any atom is 0.225 e. The van der Waals surface area contributed by atoms with Gasteiger partial charge in [-0.15, -0.1) is 0 Å². The van der Waals surface area contributed by atoms with Gasteiger partial charge in [0.1, 0.15) is 5.82 Å². The molecular weight excluding hydrogens is 432 g/mol. The van der Waals surface area contributed by atoms with E-state index in [2.05, 4.69) is 26.3 Å². The highest BCUT2D eigenvalue weighted by Crippen LogP contribution is 2.19. The maximum atomic E-state index is 12.2. The summed E-state index contributed by atoms with van der Waals surface area (Å²) in [6, 6.07) is 9.56. The summed E-state index contributed by atoms with van der Waals surface area (Å²) in [5, 5.41) is 7.08. The van der Waals surface area contributed by atoms with E-state index < -0.39 is 10.0 Å². The van der Waals surface area contributed by atoms with Gasteiger partial charge in [0.05, 0.1) is 18.5 Å². The fourth-order valence-corrected chi connectivity index (χ4v) is 5.06. The first kappa shape index (κ1) is 20.0. The highest BCUT2D eigenvalue weighted by Gasteiger charge is 2.24. The van der Waals surface area contributed by atoms with Crippen LogP contribution in [0, 0.1) is 0 Å². The van der Waals surface area contributed by atoms with Crippen LogP contribution in [0.4, 0.5) is 5.82 Å². The van der Waals surface area contributed by atoms with Gasteiger partial charge in [-0.2, -0.15) is 5.10 Å². The highest BCUT2D eigenvalue weighted by molar-refractivity contribution is 9.10. The number of carbonyl (C=O) groups excluding carboxylic acids is 1. The third-order valence-electron chi connectivity index (χ3n) is 4.53. The molecule has 0 saturated carbocycles. The van der Waals surface area contributed by atoms with Crippen LogP contribution in [-0.2, 0) is 21.4 Å². The molecule has 1 N–H and O–H groups in total. The molecule has 0 unspecified atom stereocenters. The third-order valence-corrected chi connectivity index (χ3v) is 7.26. The molecule has 1 aliphatic rings. The number of sulfonamides is 1. The van der Waals surface area contributed by atoms with Crippen molar-refractivity contribution in [2.45, 2.75) is 32.2 Å². The van der Waals surface area contributed by atoms with Crippen LogP contribution >= 0.6 is 15.9 Å². The van der Waals surface area contributed by atoms with Crippen LogP contribution in [-0.4, -0.2) is 47.3 Å². The van der Waals surface area contributed by atoms with Crippen LogP contribution < -0.4 is 5.32 Å². The van der Waals surface area contributed by atoms with Crippen molar-refractivity contribution in [1.29, 1.82) is 0 Å². The molecule has 0 bridgehead atoms. The molecule has 0 aliphatic carbocycles. The van der Waals surface area contributed by atoms with Crippen molar-refractivity contribution < 1.29 is 13.2 Å². The summed E-state index contributed by atoms with van der Waals surface area (Å²) in [5.41, 5.74) is 1.05. The van der Waals surface area contributed by atoms with Crippen LogP contribution in [0.5, 0.6) is 0 Å². The quantitative estimate of drug-likeness (QED) is 0.664. The first-order valence-electron chi connectivity index (χ1n) is 8.98. The van der Waals surface area contributed by atoms with Gasteiger partial charge in [0.2, 0.25) is 15.9 Å². The molecule has 1 amide bonds. The Kier molecular flexibility index (Phi) is 6.67. The molecule has 1 aromatic heterocycles. The topological polar surface area (TPSA) is 84.3 Å². The summed E-state index contributed by atoms with van der Waals surface area (Å²) in [7, 11) is -3.24. The number of anilines is 1. The van der Waals surface area contributed by atoms with E-state index in [0.29, 0.717) is 31.9 Å². The van der Waals surface area contributed by atoms with Crippen molar-refractivity contribution in [3.05, 3.63) is 46.6 Å². The van der Waals surface area contributed by atoms with Gasteiger partial charge in [0.25, 0.3) is 0 Å². The molecule has 1 aromatic carbocycles. The van der Waals surface area contributed by atoms with Gasteiger partial charge in [-0.05, 0) is 30.9 Å². The molecule has 7 nitrogen and oxygen atoms in total. The lowest BCUT2D eigenvalue weighted by atomic mass is 10.2. The second-order valence-electron chi connectivity index (χ2n) is 6.54. The molecule has 0 radical (unpaired) electrons. The zero-order valence-electron chi connectivity index (χ0n) is 15.0. The normalized spacial score (nSPS) is 15.1. The Morgan fingerprint density at radius 3 is 2.67 bits per heavy atom. The third kappa shape index (κ3) is 5.40. The molecular formula is C18H23BrN4O3S. The van der Waals surface area contributed by atoms with Crippen molar-refractivity contribution in [3.8, 4) is 0 Å². The first-order chi connectivity index (χ1) is 13.0. The largest absolute Gasteiger partial charge is 0.311 e. The summed E-state index contributed by atoms with van der Waals surface area (Å²) >= 11 is 3.51. The number of halogens is 1. The Balaban J connectivity index is 1.51. The van der Waals surface area contributed by atoms with E-state index in [0.717, 1.165) is 22.9 Å². The highest BCUT2D eigenvalue weighted by atomic mass is 79.9. The number of amides is 1. The summed E-state index contributed by atoms with van der Waals surface area (Å²) in [4.78, 5) is 12.2. The van der Waals surface area contributed by atoms with Crippen molar-refractivity contribution in [2.24, 2.45) is 0 Å². The van der Waals surface area contributed by atoms with Crippen molar-refractivity contribution in [2.75, 3.05) is 24.2 Å². The summed E-state index contributed by atoms with van der Waals surface area (Å²) in [6.07, 6.45) is 3.93. The predicted octanol–water partition coefficient (Wildman–Crippen LogP) is 2.84. The Morgan fingerprint density at radius 1 is 1.19 bits per heavy atom. The minimum atomic E-state index is -3.24. The lowest BCUT2D eigenvalue weighted by Gasteiger charge is -2.15. The zero-order chi connectivity index (χ0) is 19.3. The zero-order valence-corrected chi connectivity index (χ0v) is 17.4. The Morgan fingerprint density at radius 2 is 1.93 bits per heavy atom. The van der Waals surface area contributed by atoms with E-state index in [-0.39, 0.29) is 18.1 Å². The number of hydrogen-bond donors (Lipinski definition) is 1. The summed E-state index contributed by atoms with van der Waals surface area (Å²) in [5.74, 6) is 0.398. The van der Waals surface area contributed by atoms with E-state index in [9.17, 15) is 13.2 Å². The fraction of sp³-hybridized carbons (Fsp3) is 0.444. The van der Waals surface area contributed by atoms with Gasteiger partial charge in [-0.25, -0.2) is 17.4 Å². The van der Waals surface area contributed by atoms with Crippen LogP contribution in [0.1, 0.15) is 31.2 Å². The van der Waals surface area contributed by atoms with Crippen LogP contribution in [0.2, 0.25) is 0 Å². The monoisotopic (exact) mass is 454 g/mol. The average Bonchev–Trinajstić information content (AvgIpc) is 3.30. The number of benzene rings is 1. The lowest BCUT2D eigenvalue weighted by Crippen LogP contribution is -2.30. The van der Waals surface area contributed by atoms with E-state index in [1.165, 1.54) is 4.31 Å². The number of nitrogens with one attached hydrogen (secondary N) is 1. The first-order valence-corrected chi connectivity index (χ1v) is 11.4. The second kappa shape index (κ2) is 8.99. The molecule has 0 spiro atoms. The van der Waals surface area contributed by atoms with E-state index in [4.69, 9.17) is 0 Å². The summed E-state index contributed by atoms with van der Waals surface area (Å²) in [6.45, 7) is 1.72. The Bertz CT molecular complexity index is 892. The van der Waals surface area contributed by atoms with Gasteiger partial charge in [0, 0.05) is 30.0 Å². The van der Waals surface area contributed by atoms with Crippen molar-refractivity contribution in [3.63, 3.8) is 0 Å². The summed E-state index contributed by atoms with van der Waals surface area (Å²) < 4.78 is 28.6. The molecule has 3 rings (SSSR count). The molecule has 146 valence electrons. The molecule has 1 saturated heterocycles. The van der Waals surface area contributed by atoms with Gasteiger partial charge < -0.3 is 5.32 Å². The Labute approximate surface area is 167 Å². The average molecular weight is 455 g/mol. The number of nitrogens with zero attached hydrogens (tertiary/aromatic N) is 3. The SMILES string of the molecule is O=C(CCCS(=O)(=O)N1CCCC1)Nc1ccnn1Cc1ccccc1Br.